The molecular formula is C22H34O. The Morgan fingerprint density at radius 3 is 2.70 bits per heavy atom. The van der Waals surface area contributed by atoms with Gasteiger partial charge < -0.3 is 0 Å². The van der Waals surface area contributed by atoms with Gasteiger partial charge in [-0.05, 0) is 91.4 Å². The van der Waals surface area contributed by atoms with Crippen molar-refractivity contribution >= 4 is 5.78 Å². The third-order valence-electron chi connectivity index (χ3n) is 8.94. The largest absolute Gasteiger partial charge is 0.295 e. The summed E-state index contributed by atoms with van der Waals surface area (Å²) in [4.78, 5) is 11.9. The zero-order valence-corrected chi connectivity index (χ0v) is 15.5. The molecule has 4 aliphatic carbocycles. The smallest absolute Gasteiger partial charge is 0.155 e. The van der Waals surface area contributed by atoms with E-state index >= 15 is 0 Å². The average molecular weight is 315 g/mol. The minimum atomic E-state index is 0.392. The van der Waals surface area contributed by atoms with E-state index in [0.717, 1.165) is 54.3 Å². The molecular weight excluding hydrogens is 280 g/mol. The molecule has 3 fully saturated rings. The van der Waals surface area contributed by atoms with Crippen molar-refractivity contribution in [1.29, 1.82) is 0 Å². The molecule has 23 heavy (non-hydrogen) atoms. The van der Waals surface area contributed by atoms with Crippen LogP contribution in [0.4, 0.5) is 0 Å². The zero-order valence-electron chi connectivity index (χ0n) is 15.5. The molecule has 3 saturated carbocycles. The molecule has 8 atom stereocenters. The number of hydrogen-bond donors (Lipinski definition) is 0. The van der Waals surface area contributed by atoms with E-state index in [2.05, 4.69) is 27.7 Å². The molecule has 4 rings (SSSR count). The summed E-state index contributed by atoms with van der Waals surface area (Å²) in [7, 11) is 0. The van der Waals surface area contributed by atoms with Crippen LogP contribution in [-0.4, -0.2) is 5.78 Å². The summed E-state index contributed by atoms with van der Waals surface area (Å²) >= 11 is 0. The van der Waals surface area contributed by atoms with E-state index in [0.29, 0.717) is 11.2 Å². The Bertz CT molecular complexity index is 532. The number of carbonyl (C=O) groups excluding carboxylic acids is 1. The van der Waals surface area contributed by atoms with E-state index in [1.54, 1.807) is 0 Å². The van der Waals surface area contributed by atoms with Crippen LogP contribution in [0.15, 0.2) is 11.6 Å². The minimum absolute atomic E-state index is 0.392. The molecule has 0 radical (unpaired) electrons. The minimum Gasteiger partial charge on any atom is -0.295 e. The first-order valence-electron chi connectivity index (χ1n) is 10.2. The first kappa shape index (κ1) is 15.9. The first-order valence-corrected chi connectivity index (χ1v) is 10.2. The van der Waals surface area contributed by atoms with E-state index in [4.69, 9.17) is 0 Å². The number of hydrogen-bond acceptors (Lipinski definition) is 1. The number of rotatable bonds is 1. The van der Waals surface area contributed by atoms with Crippen molar-refractivity contribution in [2.24, 2.45) is 46.8 Å². The highest BCUT2D eigenvalue weighted by atomic mass is 16.1. The van der Waals surface area contributed by atoms with Gasteiger partial charge in [-0.3, -0.25) is 4.79 Å². The summed E-state index contributed by atoms with van der Waals surface area (Å²) in [5.74, 6) is 6.46. The van der Waals surface area contributed by atoms with Crippen molar-refractivity contribution in [3.8, 4) is 0 Å². The quantitative estimate of drug-likeness (QED) is 0.611. The monoisotopic (exact) mass is 314 g/mol. The topological polar surface area (TPSA) is 17.1 Å². The lowest BCUT2D eigenvalue weighted by atomic mass is 9.48. The molecule has 4 aliphatic rings. The Hall–Kier alpha value is -0.590. The molecule has 0 aliphatic heterocycles. The van der Waals surface area contributed by atoms with Gasteiger partial charge in [0.1, 0.15) is 0 Å². The second-order valence-corrected chi connectivity index (χ2v) is 9.49. The molecule has 0 bridgehead atoms. The Labute approximate surface area is 142 Å². The van der Waals surface area contributed by atoms with Crippen LogP contribution >= 0.6 is 0 Å². The molecule has 0 aromatic rings. The fourth-order valence-corrected chi connectivity index (χ4v) is 7.75. The van der Waals surface area contributed by atoms with Crippen molar-refractivity contribution in [3.05, 3.63) is 11.6 Å². The van der Waals surface area contributed by atoms with Crippen LogP contribution in [0.3, 0.4) is 0 Å². The van der Waals surface area contributed by atoms with E-state index < -0.39 is 0 Å². The molecule has 0 spiro atoms. The lowest BCUT2D eigenvalue weighted by Crippen LogP contribution is -2.49. The molecule has 1 heteroatoms. The molecule has 1 nitrogen and oxygen atoms in total. The summed E-state index contributed by atoms with van der Waals surface area (Å²) in [5, 5.41) is 0. The number of ketones is 1. The van der Waals surface area contributed by atoms with Crippen molar-refractivity contribution in [2.75, 3.05) is 0 Å². The standard InChI is InChI=1S/C22H34O/c1-5-22-9-8-19-18-7-6-17(23)12-16(18)10-14(3)21(19)20(22)11-13(2)15(22)4/h12-15,18-21H,5-11H2,1-4H3/t13?,14?,15-,18?,19?,20?,21?,22?/m0/s1. The zero-order chi connectivity index (χ0) is 16.4. The third kappa shape index (κ3) is 2.14. The Balaban J connectivity index is 1.70. The van der Waals surface area contributed by atoms with Crippen LogP contribution in [0.1, 0.15) is 72.6 Å². The highest BCUT2D eigenvalue weighted by Crippen LogP contribution is 2.67. The molecule has 0 saturated heterocycles. The van der Waals surface area contributed by atoms with Crippen LogP contribution < -0.4 is 0 Å². The second-order valence-electron chi connectivity index (χ2n) is 9.49. The number of carbonyl (C=O) groups is 1. The van der Waals surface area contributed by atoms with Gasteiger partial charge in [-0.25, -0.2) is 0 Å². The summed E-state index contributed by atoms with van der Waals surface area (Å²) in [5.41, 5.74) is 2.15. The number of fused-ring (bicyclic) bond motifs is 5. The van der Waals surface area contributed by atoms with Crippen molar-refractivity contribution in [2.45, 2.75) is 72.6 Å². The Kier molecular flexibility index (Phi) is 3.78. The highest BCUT2D eigenvalue weighted by molar-refractivity contribution is 5.91. The number of allylic oxidation sites excluding steroid dienone is 1. The van der Waals surface area contributed by atoms with Gasteiger partial charge in [0.25, 0.3) is 0 Å². The summed E-state index contributed by atoms with van der Waals surface area (Å²) in [6.45, 7) is 10.0. The molecule has 7 unspecified atom stereocenters. The third-order valence-corrected chi connectivity index (χ3v) is 8.94. The molecule has 0 heterocycles. The van der Waals surface area contributed by atoms with Crippen molar-refractivity contribution < 1.29 is 4.79 Å². The van der Waals surface area contributed by atoms with Crippen LogP contribution in [0.5, 0.6) is 0 Å². The fraction of sp³-hybridized carbons (Fsp3) is 0.864. The van der Waals surface area contributed by atoms with Crippen LogP contribution in [-0.2, 0) is 4.79 Å². The first-order chi connectivity index (χ1) is 11.0. The summed E-state index contributed by atoms with van der Waals surface area (Å²) in [6, 6.07) is 0. The van der Waals surface area contributed by atoms with Gasteiger partial charge in [0.05, 0.1) is 0 Å². The predicted octanol–water partition coefficient (Wildman–Crippen LogP) is 5.65. The van der Waals surface area contributed by atoms with Gasteiger partial charge in [-0.15, -0.1) is 0 Å². The van der Waals surface area contributed by atoms with Gasteiger partial charge in [-0.2, -0.15) is 0 Å². The van der Waals surface area contributed by atoms with E-state index in [1.807, 2.05) is 6.08 Å². The molecule has 0 aromatic carbocycles. The maximum Gasteiger partial charge on any atom is 0.155 e. The van der Waals surface area contributed by atoms with Crippen molar-refractivity contribution in [1.82, 2.24) is 0 Å². The van der Waals surface area contributed by atoms with Crippen molar-refractivity contribution in [3.63, 3.8) is 0 Å². The lowest BCUT2D eigenvalue weighted by molar-refractivity contribution is -0.116. The Morgan fingerprint density at radius 2 is 1.96 bits per heavy atom. The van der Waals surface area contributed by atoms with Gasteiger partial charge >= 0.3 is 0 Å². The molecule has 128 valence electrons. The van der Waals surface area contributed by atoms with Crippen LogP contribution in [0.25, 0.3) is 0 Å². The maximum absolute atomic E-state index is 11.9. The lowest BCUT2D eigenvalue weighted by Gasteiger charge is -2.57. The fourth-order valence-electron chi connectivity index (χ4n) is 7.75. The van der Waals surface area contributed by atoms with E-state index in [-0.39, 0.29) is 0 Å². The molecule has 0 aromatic heterocycles. The van der Waals surface area contributed by atoms with Crippen LogP contribution in [0, 0.1) is 46.8 Å². The maximum atomic E-state index is 11.9. The van der Waals surface area contributed by atoms with Crippen LogP contribution in [0.2, 0.25) is 0 Å². The van der Waals surface area contributed by atoms with Gasteiger partial charge in [0.2, 0.25) is 0 Å². The van der Waals surface area contributed by atoms with Gasteiger partial charge in [-0.1, -0.05) is 33.3 Å². The SMILES string of the molecule is CCC12CCC3C4CCC(=O)C=C4CC(C)C3C1CC(C)[C@@H]2C. The average Bonchev–Trinajstić information content (AvgIpc) is 2.78. The molecule has 0 amide bonds. The molecule has 0 N–H and O–H groups in total. The van der Waals surface area contributed by atoms with E-state index in [1.165, 1.54) is 37.7 Å². The normalized spacial score (nSPS) is 52.4. The van der Waals surface area contributed by atoms with Gasteiger partial charge in [0, 0.05) is 6.42 Å². The highest BCUT2D eigenvalue weighted by Gasteiger charge is 2.59. The predicted molar refractivity (Wildman–Crippen MR) is 95.0 cm³/mol. The van der Waals surface area contributed by atoms with Gasteiger partial charge in [0.15, 0.2) is 5.78 Å². The summed E-state index contributed by atoms with van der Waals surface area (Å²) < 4.78 is 0. The second kappa shape index (κ2) is 5.46. The summed E-state index contributed by atoms with van der Waals surface area (Å²) in [6.07, 6.45) is 10.9. The Morgan fingerprint density at radius 1 is 1.17 bits per heavy atom. The van der Waals surface area contributed by atoms with E-state index in [9.17, 15) is 4.79 Å².